The Hall–Kier alpha value is -1.56. The average molecular weight is 296 g/mol. The van der Waals surface area contributed by atoms with Gasteiger partial charge in [-0.15, -0.1) is 0 Å². The molecular formula is C14H24N4OS. The minimum Gasteiger partial charge on any atom is -0.356 e. The van der Waals surface area contributed by atoms with Gasteiger partial charge in [-0.25, -0.2) is 0 Å². The molecule has 1 rings (SSSR count). The van der Waals surface area contributed by atoms with Crippen LogP contribution in [-0.4, -0.2) is 38.5 Å². The number of aliphatic imine (C=N–C) groups is 1. The lowest BCUT2D eigenvalue weighted by molar-refractivity contribution is -0.120. The van der Waals surface area contributed by atoms with Crippen LogP contribution >= 0.6 is 11.3 Å². The van der Waals surface area contributed by atoms with Gasteiger partial charge < -0.3 is 16.0 Å². The van der Waals surface area contributed by atoms with Crippen molar-refractivity contribution in [2.24, 2.45) is 4.99 Å². The molecule has 1 aromatic rings. The maximum absolute atomic E-state index is 11.5. The molecule has 0 aliphatic rings. The number of carbonyl (C=O) groups excluding carboxylic acids is 1. The largest absolute Gasteiger partial charge is 0.356 e. The van der Waals surface area contributed by atoms with Crippen molar-refractivity contribution in [1.82, 2.24) is 16.0 Å². The fourth-order valence-electron chi connectivity index (χ4n) is 1.63. The second-order valence-electron chi connectivity index (χ2n) is 4.61. The molecule has 1 aromatic heterocycles. The van der Waals surface area contributed by atoms with Gasteiger partial charge >= 0.3 is 0 Å². The third-order valence-corrected chi connectivity index (χ3v) is 3.60. The molecule has 0 bridgehead atoms. The third-order valence-electron chi connectivity index (χ3n) is 2.90. The van der Waals surface area contributed by atoms with Crippen LogP contribution in [0.25, 0.3) is 0 Å². The van der Waals surface area contributed by atoms with Gasteiger partial charge in [0.15, 0.2) is 5.96 Å². The Kier molecular flexibility index (Phi) is 7.72. The quantitative estimate of drug-likeness (QED) is 0.528. The molecule has 0 aliphatic carbocycles. The number of nitrogens with one attached hydrogen (secondary N) is 3. The van der Waals surface area contributed by atoms with E-state index in [4.69, 9.17) is 0 Å². The molecule has 0 aliphatic heterocycles. The highest BCUT2D eigenvalue weighted by atomic mass is 32.1. The first-order valence-electron chi connectivity index (χ1n) is 6.90. The summed E-state index contributed by atoms with van der Waals surface area (Å²) in [6.45, 7) is 5.93. The summed E-state index contributed by atoms with van der Waals surface area (Å²) in [7, 11) is 1.70. The topological polar surface area (TPSA) is 65.5 Å². The monoisotopic (exact) mass is 296 g/mol. The number of nitrogens with zero attached hydrogens (tertiary/aromatic N) is 1. The van der Waals surface area contributed by atoms with Crippen molar-refractivity contribution in [3.8, 4) is 0 Å². The normalized spacial score (nSPS) is 12.8. The molecule has 1 amide bonds. The van der Waals surface area contributed by atoms with Crippen molar-refractivity contribution in [2.45, 2.75) is 26.2 Å². The van der Waals surface area contributed by atoms with E-state index >= 15 is 0 Å². The summed E-state index contributed by atoms with van der Waals surface area (Å²) < 4.78 is 0. The van der Waals surface area contributed by atoms with Gasteiger partial charge in [-0.1, -0.05) is 13.8 Å². The van der Waals surface area contributed by atoms with Crippen LogP contribution in [0, 0.1) is 0 Å². The Morgan fingerprint density at radius 1 is 1.40 bits per heavy atom. The molecule has 1 unspecified atom stereocenters. The standard InChI is InChI=1S/C14H24N4OS/c1-4-6-16-13(19)9-18-14(15-3)17-8-11(2)12-5-7-20-10-12/h5,7,10-11H,4,6,8-9H2,1-3H3,(H,16,19)(H2,15,17,18). The smallest absolute Gasteiger partial charge is 0.239 e. The molecular weight excluding hydrogens is 272 g/mol. The molecule has 0 fully saturated rings. The number of hydrogen-bond acceptors (Lipinski definition) is 3. The minimum absolute atomic E-state index is 0.0133. The fourth-order valence-corrected chi connectivity index (χ4v) is 2.42. The summed E-state index contributed by atoms with van der Waals surface area (Å²) in [5.41, 5.74) is 1.32. The SMILES string of the molecule is CCCNC(=O)CNC(=NC)NCC(C)c1ccsc1. The van der Waals surface area contributed by atoms with E-state index in [1.54, 1.807) is 18.4 Å². The molecule has 1 atom stereocenters. The summed E-state index contributed by atoms with van der Waals surface area (Å²) >= 11 is 1.70. The van der Waals surface area contributed by atoms with Gasteiger partial charge in [-0.05, 0) is 34.7 Å². The van der Waals surface area contributed by atoms with Crippen molar-refractivity contribution >= 4 is 23.2 Å². The fraction of sp³-hybridized carbons (Fsp3) is 0.571. The first-order valence-corrected chi connectivity index (χ1v) is 7.85. The summed E-state index contributed by atoms with van der Waals surface area (Å²) in [6.07, 6.45) is 0.941. The zero-order valence-electron chi connectivity index (χ0n) is 12.4. The lowest BCUT2D eigenvalue weighted by Crippen LogP contribution is -2.44. The van der Waals surface area contributed by atoms with E-state index < -0.39 is 0 Å². The maximum atomic E-state index is 11.5. The van der Waals surface area contributed by atoms with Crippen LogP contribution in [0.5, 0.6) is 0 Å². The average Bonchev–Trinajstić information content (AvgIpc) is 2.99. The minimum atomic E-state index is -0.0133. The molecule has 5 nitrogen and oxygen atoms in total. The highest BCUT2D eigenvalue weighted by Gasteiger charge is 2.07. The van der Waals surface area contributed by atoms with E-state index in [0.29, 0.717) is 18.4 Å². The first kappa shape index (κ1) is 16.5. The highest BCUT2D eigenvalue weighted by molar-refractivity contribution is 7.07. The second-order valence-corrected chi connectivity index (χ2v) is 5.39. The predicted octanol–water partition coefficient (Wildman–Crippen LogP) is 1.54. The summed E-state index contributed by atoms with van der Waals surface area (Å²) in [5, 5.41) is 13.3. The van der Waals surface area contributed by atoms with E-state index in [1.165, 1.54) is 5.56 Å². The Bertz CT molecular complexity index is 417. The van der Waals surface area contributed by atoms with Crippen LogP contribution in [0.1, 0.15) is 31.7 Å². The van der Waals surface area contributed by atoms with Gasteiger partial charge in [0, 0.05) is 20.1 Å². The predicted molar refractivity (Wildman–Crippen MR) is 85.4 cm³/mol. The first-order chi connectivity index (χ1) is 9.67. The molecule has 0 spiro atoms. The van der Waals surface area contributed by atoms with Gasteiger partial charge in [0.2, 0.25) is 5.91 Å². The Morgan fingerprint density at radius 3 is 2.80 bits per heavy atom. The van der Waals surface area contributed by atoms with Gasteiger partial charge in [0.1, 0.15) is 0 Å². The Balaban J connectivity index is 2.28. The van der Waals surface area contributed by atoms with E-state index in [0.717, 1.165) is 13.0 Å². The molecule has 112 valence electrons. The zero-order valence-corrected chi connectivity index (χ0v) is 13.2. The number of hydrogen-bond donors (Lipinski definition) is 3. The van der Waals surface area contributed by atoms with Crippen LogP contribution in [0.2, 0.25) is 0 Å². The molecule has 1 heterocycles. The molecule has 0 radical (unpaired) electrons. The van der Waals surface area contributed by atoms with E-state index in [-0.39, 0.29) is 12.5 Å². The van der Waals surface area contributed by atoms with Gasteiger partial charge in [-0.3, -0.25) is 9.79 Å². The molecule has 0 saturated heterocycles. The van der Waals surface area contributed by atoms with E-state index in [2.05, 4.69) is 44.7 Å². The van der Waals surface area contributed by atoms with Crippen molar-refractivity contribution < 1.29 is 4.79 Å². The molecule has 20 heavy (non-hydrogen) atoms. The highest BCUT2D eigenvalue weighted by Crippen LogP contribution is 2.16. The van der Waals surface area contributed by atoms with Crippen LogP contribution in [0.3, 0.4) is 0 Å². The van der Waals surface area contributed by atoms with Crippen molar-refractivity contribution in [3.63, 3.8) is 0 Å². The molecule has 0 saturated carbocycles. The summed E-state index contributed by atoms with van der Waals surface area (Å²) in [4.78, 5) is 15.6. The summed E-state index contributed by atoms with van der Waals surface area (Å²) in [5.74, 6) is 1.05. The number of guanidine groups is 1. The number of thiophene rings is 1. The Labute approximate surface area is 124 Å². The lowest BCUT2D eigenvalue weighted by atomic mass is 10.1. The van der Waals surface area contributed by atoms with Crippen molar-refractivity contribution in [1.29, 1.82) is 0 Å². The van der Waals surface area contributed by atoms with E-state index in [1.807, 2.05) is 6.92 Å². The van der Waals surface area contributed by atoms with E-state index in [9.17, 15) is 4.79 Å². The van der Waals surface area contributed by atoms with Crippen LogP contribution in [0.15, 0.2) is 21.8 Å². The van der Waals surface area contributed by atoms with Crippen LogP contribution in [-0.2, 0) is 4.79 Å². The van der Waals surface area contributed by atoms with Gasteiger partial charge in [-0.2, -0.15) is 11.3 Å². The molecule has 0 aromatic carbocycles. The van der Waals surface area contributed by atoms with Gasteiger partial charge in [0.05, 0.1) is 6.54 Å². The van der Waals surface area contributed by atoms with Crippen LogP contribution < -0.4 is 16.0 Å². The lowest BCUT2D eigenvalue weighted by Gasteiger charge is -2.15. The number of rotatable bonds is 7. The zero-order chi connectivity index (χ0) is 14.8. The number of amides is 1. The van der Waals surface area contributed by atoms with Crippen molar-refractivity contribution in [2.75, 3.05) is 26.7 Å². The number of carbonyl (C=O) groups is 1. The molecule has 3 N–H and O–H groups in total. The van der Waals surface area contributed by atoms with Crippen LogP contribution in [0.4, 0.5) is 0 Å². The maximum Gasteiger partial charge on any atom is 0.239 e. The third kappa shape index (κ3) is 6.06. The van der Waals surface area contributed by atoms with Gasteiger partial charge in [0.25, 0.3) is 0 Å². The summed E-state index contributed by atoms with van der Waals surface area (Å²) in [6, 6.07) is 2.13. The Morgan fingerprint density at radius 2 is 2.20 bits per heavy atom. The second kappa shape index (κ2) is 9.36. The van der Waals surface area contributed by atoms with Crippen molar-refractivity contribution in [3.05, 3.63) is 22.4 Å². The molecule has 6 heteroatoms.